The molecule has 2 aromatic rings. The molecule has 1 aliphatic rings. The Balaban J connectivity index is 1.83. The van der Waals surface area contributed by atoms with Gasteiger partial charge in [-0.1, -0.05) is 48.9 Å². The number of imide groups is 1. The number of nitrogens with zero attached hydrogens (tertiary/aromatic N) is 2. The van der Waals surface area contributed by atoms with E-state index in [1.807, 2.05) is 25.1 Å². The van der Waals surface area contributed by atoms with Crippen LogP contribution in [-0.2, 0) is 15.1 Å². The Morgan fingerprint density at radius 2 is 1.74 bits per heavy atom. The summed E-state index contributed by atoms with van der Waals surface area (Å²) in [5, 5.41) is 3.30. The third-order valence-corrected chi connectivity index (χ3v) is 5.11. The number of carbonyl (C=O) groups is 3. The standard InChI is InChI=1S/C20H20ClN3O3/c1-3-20(14-9-11-15(21)12-10-14)18(26)24(19(27)22-20)13-17(25)23(2)16-7-5-4-6-8-16/h4-12H,3,13H2,1-2H3,(H,22,27). The van der Waals surface area contributed by atoms with Gasteiger partial charge in [0, 0.05) is 17.8 Å². The van der Waals surface area contributed by atoms with Gasteiger partial charge in [-0.25, -0.2) is 4.79 Å². The van der Waals surface area contributed by atoms with Crippen LogP contribution in [0.3, 0.4) is 0 Å². The summed E-state index contributed by atoms with van der Waals surface area (Å²) in [5.74, 6) is -0.792. The lowest BCUT2D eigenvalue weighted by Crippen LogP contribution is -2.45. The molecule has 3 rings (SSSR count). The Labute approximate surface area is 162 Å². The van der Waals surface area contributed by atoms with E-state index in [2.05, 4.69) is 5.32 Å². The summed E-state index contributed by atoms with van der Waals surface area (Å²) in [5.41, 5.74) is 0.140. The van der Waals surface area contributed by atoms with Crippen molar-refractivity contribution in [2.75, 3.05) is 18.5 Å². The van der Waals surface area contributed by atoms with E-state index in [-0.39, 0.29) is 12.5 Å². The van der Waals surface area contributed by atoms with Gasteiger partial charge in [-0.3, -0.25) is 14.5 Å². The van der Waals surface area contributed by atoms with Crippen molar-refractivity contribution < 1.29 is 14.4 Å². The maximum Gasteiger partial charge on any atom is 0.325 e. The minimum absolute atomic E-state index is 0.328. The lowest BCUT2D eigenvalue weighted by atomic mass is 9.87. The van der Waals surface area contributed by atoms with Crippen LogP contribution in [0.2, 0.25) is 5.02 Å². The van der Waals surface area contributed by atoms with Crippen LogP contribution in [0.25, 0.3) is 0 Å². The van der Waals surface area contributed by atoms with Crippen LogP contribution in [0.4, 0.5) is 10.5 Å². The summed E-state index contributed by atoms with van der Waals surface area (Å²) < 4.78 is 0. The van der Waals surface area contributed by atoms with Gasteiger partial charge in [0.2, 0.25) is 5.91 Å². The number of anilines is 1. The van der Waals surface area contributed by atoms with Gasteiger partial charge in [0.15, 0.2) is 0 Å². The Morgan fingerprint density at radius 1 is 1.11 bits per heavy atom. The number of nitrogens with one attached hydrogen (secondary N) is 1. The van der Waals surface area contributed by atoms with Crippen LogP contribution in [0.5, 0.6) is 0 Å². The van der Waals surface area contributed by atoms with Crippen molar-refractivity contribution in [1.82, 2.24) is 10.2 Å². The highest BCUT2D eigenvalue weighted by molar-refractivity contribution is 6.30. The topological polar surface area (TPSA) is 69.7 Å². The second-order valence-corrected chi connectivity index (χ2v) is 6.81. The number of para-hydroxylation sites is 1. The van der Waals surface area contributed by atoms with Crippen LogP contribution in [0, 0.1) is 0 Å². The van der Waals surface area contributed by atoms with Gasteiger partial charge in [0.05, 0.1) is 0 Å². The molecule has 6 nitrogen and oxygen atoms in total. The molecule has 4 amide bonds. The van der Waals surface area contributed by atoms with Gasteiger partial charge in [0.1, 0.15) is 12.1 Å². The lowest BCUT2D eigenvalue weighted by molar-refractivity contribution is -0.134. The molecule has 1 saturated heterocycles. The molecule has 2 aromatic carbocycles. The first-order valence-corrected chi connectivity index (χ1v) is 8.98. The molecule has 0 radical (unpaired) electrons. The predicted octanol–water partition coefficient (Wildman–Crippen LogP) is 3.16. The molecular weight excluding hydrogens is 366 g/mol. The molecule has 1 fully saturated rings. The van der Waals surface area contributed by atoms with E-state index in [0.29, 0.717) is 22.7 Å². The summed E-state index contributed by atoms with van der Waals surface area (Å²) in [6.45, 7) is 1.49. The van der Waals surface area contributed by atoms with Gasteiger partial charge in [-0.05, 0) is 36.2 Å². The monoisotopic (exact) mass is 385 g/mol. The highest BCUT2D eigenvalue weighted by Gasteiger charge is 2.51. The molecule has 1 atom stereocenters. The average Bonchev–Trinajstić information content (AvgIpc) is 2.93. The quantitative estimate of drug-likeness (QED) is 0.804. The zero-order valence-electron chi connectivity index (χ0n) is 15.1. The van der Waals surface area contributed by atoms with Crippen LogP contribution >= 0.6 is 11.6 Å². The van der Waals surface area contributed by atoms with E-state index >= 15 is 0 Å². The number of rotatable bonds is 5. The van der Waals surface area contributed by atoms with E-state index in [0.717, 1.165) is 4.90 Å². The summed E-state index contributed by atoms with van der Waals surface area (Å²) in [7, 11) is 1.61. The minimum atomic E-state index is -1.19. The van der Waals surface area contributed by atoms with Gasteiger partial charge in [0.25, 0.3) is 5.91 Å². The first-order chi connectivity index (χ1) is 12.9. The fourth-order valence-electron chi connectivity index (χ4n) is 3.18. The number of likely N-dealkylation sites (N-methyl/N-ethyl adjacent to an activating group) is 1. The number of hydrogen-bond donors (Lipinski definition) is 1. The van der Waals surface area contributed by atoms with E-state index in [9.17, 15) is 14.4 Å². The highest BCUT2D eigenvalue weighted by atomic mass is 35.5. The van der Waals surface area contributed by atoms with Gasteiger partial charge in [-0.15, -0.1) is 0 Å². The molecule has 0 aromatic heterocycles. The van der Waals surface area contributed by atoms with Crippen molar-refractivity contribution >= 4 is 35.1 Å². The van der Waals surface area contributed by atoms with Crippen molar-refractivity contribution in [1.29, 1.82) is 0 Å². The molecule has 0 aliphatic carbocycles. The molecule has 1 N–H and O–H groups in total. The Bertz CT molecular complexity index is 870. The second kappa shape index (κ2) is 7.40. The fourth-order valence-corrected chi connectivity index (χ4v) is 3.31. The summed E-state index contributed by atoms with van der Waals surface area (Å²) in [6, 6.07) is 15.2. The van der Waals surface area contributed by atoms with Gasteiger partial charge < -0.3 is 10.2 Å². The van der Waals surface area contributed by atoms with Crippen LogP contribution in [0.1, 0.15) is 18.9 Å². The van der Waals surface area contributed by atoms with Crippen LogP contribution < -0.4 is 10.2 Å². The molecule has 27 heavy (non-hydrogen) atoms. The Kier molecular flexibility index (Phi) is 5.19. The first kappa shape index (κ1) is 18.9. The van der Waals surface area contributed by atoms with Crippen molar-refractivity contribution in [3.05, 3.63) is 65.2 Å². The molecule has 140 valence electrons. The van der Waals surface area contributed by atoms with Crippen LogP contribution in [0.15, 0.2) is 54.6 Å². The number of halogens is 1. The SMILES string of the molecule is CCC1(c2ccc(Cl)cc2)NC(=O)N(CC(=O)N(C)c2ccccc2)C1=O. The average molecular weight is 386 g/mol. The zero-order chi connectivity index (χ0) is 19.6. The fraction of sp³-hybridized carbons (Fsp3) is 0.250. The molecule has 0 saturated carbocycles. The Hall–Kier alpha value is -2.86. The lowest BCUT2D eigenvalue weighted by Gasteiger charge is -2.26. The molecule has 0 bridgehead atoms. The summed E-state index contributed by atoms with van der Waals surface area (Å²) in [4.78, 5) is 40.6. The number of benzene rings is 2. The molecule has 1 heterocycles. The van der Waals surface area contributed by atoms with Gasteiger partial charge >= 0.3 is 6.03 Å². The van der Waals surface area contributed by atoms with Crippen LogP contribution in [-0.4, -0.2) is 36.3 Å². The summed E-state index contributed by atoms with van der Waals surface area (Å²) in [6.07, 6.45) is 0.360. The van der Waals surface area contributed by atoms with Crippen molar-refractivity contribution in [2.45, 2.75) is 18.9 Å². The molecule has 1 unspecified atom stereocenters. The minimum Gasteiger partial charge on any atom is -0.319 e. The zero-order valence-corrected chi connectivity index (χ0v) is 15.9. The van der Waals surface area contributed by atoms with Crippen molar-refractivity contribution in [3.8, 4) is 0 Å². The number of amides is 4. The highest BCUT2D eigenvalue weighted by Crippen LogP contribution is 2.33. The molecule has 7 heteroatoms. The van der Waals surface area contributed by atoms with E-state index in [4.69, 9.17) is 11.6 Å². The molecular formula is C20H20ClN3O3. The normalized spacial score (nSPS) is 19.1. The maximum absolute atomic E-state index is 13.1. The predicted molar refractivity (Wildman–Crippen MR) is 104 cm³/mol. The van der Waals surface area contributed by atoms with E-state index < -0.39 is 17.5 Å². The Morgan fingerprint density at radius 3 is 2.33 bits per heavy atom. The molecule has 0 spiro atoms. The maximum atomic E-state index is 13.1. The number of urea groups is 1. The third-order valence-electron chi connectivity index (χ3n) is 4.85. The van der Waals surface area contributed by atoms with E-state index in [1.165, 1.54) is 4.90 Å². The van der Waals surface area contributed by atoms with Gasteiger partial charge in [-0.2, -0.15) is 0 Å². The smallest absolute Gasteiger partial charge is 0.319 e. The first-order valence-electron chi connectivity index (χ1n) is 8.61. The van der Waals surface area contributed by atoms with Crippen molar-refractivity contribution in [2.24, 2.45) is 0 Å². The summed E-state index contributed by atoms with van der Waals surface area (Å²) >= 11 is 5.93. The van der Waals surface area contributed by atoms with Crippen molar-refractivity contribution in [3.63, 3.8) is 0 Å². The second-order valence-electron chi connectivity index (χ2n) is 6.38. The largest absolute Gasteiger partial charge is 0.325 e. The molecule has 1 aliphatic heterocycles. The number of hydrogen-bond acceptors (Lipinski definition) is 3. The van der Waals surface area contributed by atoms with E-state index in [1.54, 1.807) is 43.4 Å². The number of carbonyl (C=O) groups excluding carboxylic acids is 3. The third kappa shape index (κ3) is 3.40.